The van der Waals surface area contributed by atoms with Crippen LogP contribution in [0.3, 0.4) is 0 Å². The molecule has 2 bridgehead atoms. The van der Waals surface area contributed by atoms with E-state index < -0.39 is 17.7 Å². The summed E-state index contributed by atoms with van der Waals surface area (Å²) in [7, 11) is 0. The van der Waals surface area contributed by atoms with E-state index in [4.69, 9.17) is 11.6 Å². The first-order valence-corrected chi connectivity index (χ1v) is 9.96. The summed E-state index contributed by atoms with van der Waals surface area (Å²) in [5, 5.41) is -0.104. The minimum atomic E-state index is -0.577. The van der Waals surface area contributed by atoms with Gasteiger partial charge in [-0.15, -0.1) is 0 Å². The molecule has 2 atom stereocenters. The minimum Gasteiger partial charge on any atom is -0.274 e. The molecule has 3 nitrogen and oxygen atoms in total. The molecule has 142 valence electrons. The lowest BCUT2D eigenvalue weighted by molar-refractivity contribution is -0.122. The Balaban J connectivity index is 1.56. The van der Waals surface area contributed by atoms with Crippen LogP contribution in [0.5, 0.6) is 0 Å². The van der Waals surface area contributed by atoms with Crippen molar-refractivity contribution in [2.75, 3.05) is 4.90 Å². The molecule has 0 saturated carbocycles. The van der Waals surface area contributed by atoms with Crippen LogP contribution in [-0.2, 0) is 9.59 Å². The molecular formula is C24H15ClFNO2. The summed E-state index contributed by atoms with van der Waals surface area (Å²) in [4.78, 5) is 28.3. The maximum Gasteiger partial charge on any atom is 0.238 e. The van der Waals surface area contributed by atoms with Crippen LogP contribution >= 0.6 is 11.6 Å². The minimum absolute atomic E-state index is 0.104. The van der Waals surface area contributed by atoms with E-state index in [2.05, 4.69) is 24.3 Å². The van der Waals surface area contributed by atoms with Gasteiger partial charge >= 0.3 is 0 Å². The molecule has 0 radical (unpaired) electrons. The normalized spacial score (nSPS) is 26.3. The topological polar surface area (TPSA) is 37.4 Å². The van der Waals surface area contributed by atoms with E-state index in [1.165, 1.54) is 23.1 Å². The molecule has 0 unspecified atom stereocenters. The van der Waals surface area contributed by atoms with Crippen LogP contribution in [0.4, 0.5) is 10.1 Å². The summed E-state index contributed by atoms with van der Waals surface area (Å²) in [5.74, 6) is -2.28. The maximum absolute atomic E-state index is 13.6. The molecule has 0 aromatic heterocycles. The van der Waals surface area contributed by atoms with Gasteiger partial charge in [0.05, 0.1) is 22.5 Å². The van der Waals surface area contributed by atoms with Gasteiger partial charge in [0.1, 0.15) is 5.82 Å². The molecule has 3 aromatic carbocycles. The molecule has 3 aromatic rings. The van der Waals surface area contributed by atoms with Crippen molar-refractivity contribution in [2.24, 2.45) is 11.8 Å². The van der Waals surface area contributed by atoms with Gasteiger partial charge in [-0.2, -0.15) is 0 Å². The fourth-order valence-corrected chi connectivity index (χ4v) is 5.73. The third kappa shape index (κ3) is 2.07. The second-order valence-electron chi connectivity index (χ2n) is 7.88. The fourth-order valence-electron chi connectivity index (χ4n) is 5.56. The van der Waals surface area contributed by atoms with Crippen molar-refractivity contribution in [3.8, 4) is 0 Å². The van der Waals surface area contributed by atoms with Crippen LogP contribution in [0.15, 0.2) is 66.7 Å². The standard InChI is InChI=1S/C24H15ClFNO2/c25-17-11-12(9-10-18(17)26)27-23(28)21-19-13-5-1-2-6-14(13)20(22(21)24(27)29)16-8-4-3-7-15(16)19/h1-11,19-22H/t19?,20?,21-,22-/m1/s1. The number of rotatable bonds is 1. The van der Waals surface area contributed by atoms with Gasteiger partial charge in [-0.25, -0.2) is 9.29 Å². The van der Waals surface area contributed by atoms with Gasteiger partial charge in [0.2, 0.25) is 11.8 Å². The van der Waals surface area contributed by atoms with Crippen molar-refractivity contribution in [3.63, 3.8) is 0 Å². The highest BCUT2D eigenvalue weighted by Crippen LogP contribution is 2.61. The summed E-state index contributed by atoms with van der Waals surface area (Å²) in [6.45, 7) is 0. The zero-order valence-electron chi connectivity index (χ0n) is 15.2. The van der Waals surface area contributed by atoms with Crippen LogP contribution in [0.1, 0.15) is 34.1 Å². The van der Waals surface area contributed by atoms with Gasteiger partial charge in [0.25, 0.3) is 0 Å². The highest BCUT2D eigenvalue weighted by molar-refractivity contribution is 6.31. The van der Waals surface area contributed by atoms with Crippen LogP contribution in [0, 0.1) is 17.7 Å². The van der Waals surface area contributed by atoms with E-state index >= 15 is 0 Å². The number of anilines is 1. The highest BCUT2D eigenvalue weighted by Gasteiger charge is 2.61. The lowest BCUT2D eigenvalue weighted by Gasteiger charge is -2.45. The highest BCUT2D eigenvalue weighted by atomic mass is 35.5. The third-order valence-corrected chi connectivity index (χ3v) is 6.90. The largest absolute Gasteiger partial charge is 0.274 e. The number of benzene rings is 3. The first kappa shape index (κ1) is 16.9. The van der Waals surface area contributed by atoms with Crippen LogP contribution in [-0.4, -0.2) is 11.8 Å². The van der Waals surface area contributed by atoms with Gasteiger partial charge in [-0.3, -0.25) is 9.59 Å². The fraction of sp³-hybridized carbons (Fsp3) is 0.167. The number of halogens is 2. The van der Waals surface area contributed by atoms with Crippen LogP contribution < -0.4 is 4.90 Å². The molecular weight excluding hydrogens is 389 g/mol. The smallest absolute Gasteiger partial charge is 0.238 e. The molecule has 29 heavy (non-hydrogen) atoms. The summed E-state index contributed by atoms with van der Waals surface area (Å²) >= 11 is 5.93. The van der Waals surface area contributed by atoms with E-state index in [-0.39, 0.29) is 28.7 Å². The maximum atomic E-state index is 13.6. The van der Waals surface area contributed by atoms with E-state index in [9.17, 15) is 14.0 Å². The molecule has 3 aliphatic carbocycles. The van der Waals surface area contributed by atoms with E-state index in [1.807, 2.05) is 24.3 Å². The SMILES string of the molecule is O=C1[C@@H]2C3c4ccccc4C(c4ccccc43)[C@H]2C(=O)N1c1ccc(F)c(Cl)c1. The van der Waals surface area contributed by atoms with E-state index in [1.54, 1.807) is 0 Å². The van der Waals surface area contributed by atoms with E-state index in [0.717, 1.165) is 22.3 Å². The molecule has 5 heteroatoms. The monoisotopic (exact) mass is 403 g/mol. The molecule has 7 rings (SSSR count). The number of amides is 2. The van der Waals surface area contributed by atoms with E-state index in [0.29, 0.717) is 5.69 Å². The lowest BCUT2D eigenvalue weighted by atomic mass is 9.55. The predicted molar refractivity (Wildman–Crippen MR) is 107 cm³/mol. The van der Waals surface area contributed by atoms with Gasteiger partial charge in [0, 0.05) is 11.8 Å². The second kappa shape index (κ2) is 5.77. The van der Waals surface area contributed by atoms with Crippen molar-refractivity contribution in [1.82, 2.24) is 0 Å². The van der Waals surface area contributed by atoms with Crippen LogP contribution in [0.2, 0.25) is 5.02 Å². The molecule has 2 amide bonds. The Bertz CT molecular complexity index is 1110. The molecule has 1 saturated heterocycles. The Kier molecular flexibility index (Phi) is 3.37. The summed E-state index contributed by atoms with van der Waals surface area (Å²) < 4.78 is 13.6. The summed E-state index contributed by atoms with van der Waals surface area (Å²) in [5.41, 5.74) is 4.82. The number of hydrogen-bond acceptors (Lipinski definition) is 2. The molecule has 0 N–H and O–H groups in total. The molecule has 0 spiro atoms. The van der Waals surface area contributed by atoms with Crippen molar-refractivity contribution < 1.29 is 14.0 Å². The lowest BCUT2D eigenvalue weighted by Crippen LogP contribution is -2.41. The summed E-state index contributed by atoms with van der Waals surface area (Å²) in [6.07, 6.45) is 0. The van der Waals surface area contributed by atoms with Gasteiger partial charge in [-0.05, 0) is 40.5 Å². The number of hydrogen-bond donors (Lipinski definition) is 0. The Hall–Kier alpha value is -2.98. The Morgan fingerprint density at radius 2 is 1.17 bits per heavy atom. The average Bonchev–Trinajstić information content (AvgIpc) is 3.01. The number of imide groups is 1. The first-order valence-electron chi connectivity index (χ1n) is 9.58. The second-order valence-corrected chi connectivity index (χ2v) is 8.28. The van der Waals surface area contributed by atoms with Crippen molar-refractivity contribution >= 4 is 29.1 Å². The zero-order chi connectivity index (χ0) is 19.9. The molecule has 4 aliphatic rings. The van der Waals surface area contributed by atoms with Crippen molar-refractivity contribution in [3.05, 3.63) is 99.8 Å². The van der Waals surface area contributed by atoms with Crippen molar-refractivity contribution in [2.45, 2.75) is 11.8 Å². The van der Waals surface area contributed by atoms with Gasteiger partial charge in [-0.1, -0.05) is 60.1 Å². The average molecular weight is 404 g/mol. The molecule has 1 heterocycles. The first-order chi connectivity index (χ1) is 14.1. The van der Waals surface area contributed by atoms with Crippen molar-refractivity contribution in [1.29, 1.82) is 0 Å². The number of carbonyl (C=O) groups excluding carboxylic acids is 2. The van der Waals surface area contributed by atoms with Gasteiger partial charge in [0.15, 0.2) is 0 Å². The molecule has 1 fully saturated rings. The molecule has 1 aliphatic heterocycles. The Morgan fingerprint density at radius 1 is 0.724 bits per heavy atom. The third-order valence-electron chi connectivity index (χ3n) is 6.61. The van der Waals surface area contributed by atoms with Gasteiger partial charge < -0.3 is 0 Å². The Morgan fingerprint density at radius 3 is 1.59 bits per heavy atom. The zero-order valence-corrected chi connectivity index (χ0v) is 15.9. The quantitative estimate of drug-likeness (QED) is 0.543. The predicted octanol–water partition coefficient (Wildman–Crippen LogP) is 4.88. The summed E-state index contributed by atoms with van der Waals surface area (Å²) in [6, 6.07) is 20.2. The number of carbonyl (C=O) groups is 2. The number of nitrogens with zero attached hydrogens (tertiary/aromatic N) is 1. The Labute approximate surface area is 171 Å². The van der Waals surface area contributed by atoms with Crippen LogP contribution in [0.25, 0.3) is 0 Å².